The van der Waals surface area contributed by atoms with Gasteiger partial charge in [-0.1, -0.05) is 12.1 Å². The largest absolute Gasteiger partial charge is 0.352 e. The molecule has 0 fully saturated rings. The van der Waals surface area contributed by atoms with E-state index in [4.69, 9.17) is 0 Å². The Morgan fingerprint density at radius 3 is 2.87 bits per heavy atom. The molecule has 0 aromatic carbocycles. The Labute approximate surface area is 176 Å². The summed E-state index contributed by atoms with van der Waals surface area (Å²) < 4.78 is 0. The van der Waals surface area contributed by atoms with Crippen molar-refractivity contribution in [2.24, 2.45) is 0 Å². The number of carbonyl (C=O) groups excluding carboxylic acids is 1. The van der Waals surface area contributed by atoms with Crippen molar-refractivity contribution >= 4 is 11.7 Å². The molecule has 1 amide bonds. The van der Waals surface area contributed by atoms with E-state index in [2.05, 4.69) is 37.3 Å². The summed E-state index contributed by atoms with van der Waals surface area (Å²) in [6.07, 6.45) is 9.65. The zero-order valence-electron chi connectivity index (χ0n) is 17.2. The van der Waals surface area contributed by atoms with Crippen LogP contribution in [0.2, 0.25) is 0 Å². The molecule has 0 spiro atoms. The third kappa shape index (κ3) is 3.65. The maximum Gasteiger partial charge on any atom is 0.253 e. The van der Waals surface area contributed by atoms with Crippen LogP contribution in [-0.4, -0.2) is 27.4 Å². The third-order valence-electron chi connectivity index (χ3n) is 6.01. The lowest BCUT2D eigenvalue weighted by atomic mass is 10.0. The van der Waals surface area contributed by atoms with Gasteiger partial charge in [0.05, 0.1) is 5.56 Å². The van der Waals surface area contributed by atoms with Crippen molar-refractivity contribution in [1.82, 2.24) is 20.3 Å². The minimum absolute atomic E-state index is 0.106. The van der Waals surface area contributed by atoms with Crippen LogP contribution in [0.4, 0.5) is 5.82 Å². The molecule has 3 aromatic heterocycles. The van der Waals surface area contributed by atoms with Crippen LogP contribution in [-0.2, 0) is 32.4 Å². The van der Waals surface area contributed by atoms with E-state index in [0.29, 0.717) is 12.1 Å². The third-order valence-corrected chi connectivity index (χ3v) is 6.01. The number of nitrogens with zero attached hydrogens (tertiary/aromatic N) is 4. The second-order valence-electron chi connectivity index (χ2n) is 8.13. The summed E-state index contributed by atoms with van der Waals surface area (Å²) in [5.41, 5.74) is 7.58. The number of hydrogen-bond acceptors (Lipinski definition) is 5. The number of aromatic nitrogens is 3. The Morgan fingerprint density at radius 1 is 1.07 bits per heavy atom. The summed E-state index contributed by atoms with van der Waals surface area (Å²) in [5, 5.41) is 3.00. The molecule has 0 bridgehead atoms. The summed E-state index contributed by atoms with van der Waals surface area (Å²) in [5.74, 6) is 0.828. The smallest absolute Gasteiger partial charge is 0.253 e. The summed E-state index contributed by atoms with van der Waals surface area (Å²) in [6.45, 7) is 4.18. The Balaban J connectivity index is 1.26. The van der Waals surface area contributed by atoms with Crippen LogP contribution in [0.15, 0.2) is 42.9 Å². The Hall–Kier alpha value is -3.28. The first-order chi connectivity index (χ1) is 14.7. The minimum atomic E-state index is -0.106. The number of hydrogen-bond donors (Lipinski definition) is 1. The standard InChI is InChI=1S/C24H25N5O/c1-16-10-20(24(30)28-13-17-11-18-4-2-6-21(18)26-12-17)14-27-23(16)29-9-7-22-19(15-29)5-3-8-25-22/h3,5,8,10-12,14H,2,4,6-7,9,13,15H2,1H3,(H,28,30). The van der Waals surface area contributed by atoms with E-state index in [0.717, 1.165) is 49.3 Å². The number of rotatable bonds is 4. The Morgan fingerprint density at radius 2 is 1.97 bits per heavy atom. The monoisotopic (exact) mass is 399 g/mol. The van der Waals surface area contributed by atoms with E-state index in [-0.39, 0.29) is 5.91 Å². The van der Waals surface area contributed by atoms with Gasteiger partial charge in [0, 0.05) is 56.0 Å². The quantitative estimate of drug-likeness (QED) is 0.730. The van der Waals surface area contributed by atoms with Gasteiger partial charge in [0.15, 0.2) is 0 Å². The predicted octanol–water partition coefficient (Wildman–Crippen LogP) is 3.16. The van der Waals surface area contributed by atoms with Crippen LogP contribution < -0.4 is 10.2 Å². The molecule has 0 atom stereocenters. The molecule has 152 valence electrons. The van der Waals surface area contributed by atoms with Crippen LogP contribution in [0, 0.1) is 6.92 Å². The van der Waals surface area contributed by atoms with E-state index in [1.165, 1.54) is 28.9 Å². The van der Waals surface area contributed by atoms with Crippen molar-refractivity contribution in [2.75, 3.05) is 11.4 Å². The number of carbonyl (C=O) groups is 1. The molecule has 1 N–H and O–H groups in total. The summed E-state index contributed by atoms with van der Waals surface area (Å²) in [4.78, 5) is 28.6. The highest BCUT2D eigenvalue weighted by Gasteiger charge is 2.20. The fraction of sp³-hybridized carbons (Fsp3) is 0.333. The molecular weight excluding hydrogens is 374 g/mol. The number of aryl methyl sites for hydroxylation is 3. The highest BCUT2D eigenvalue weighted by molar-refractivity contribution is 5.94. The van der Waals surface area contributed by atoms with Gasteiger partial charge in [0.25, 0.3) is 5.91 Å². The SMILES string of the molecule is Cc1cc(C(=O)NCc2cnc3c(c2)CCC3)cnc1N1CCc2ncccc2C1. The van der Waals surface area contributed by atoms with Crippen molar-refractivity contribution in [3.63, 3.8) is 0 Å². The molecule has 5 rings (SSSR count). The van der Waals surface area contributed by atoms with Crippen molar-refractivity contribution in [2.45, 2.75) is 45.7 Å². The topological polar surface area (TPSA) is 71.0 Å². The second kappa shape index (κ2) is 7.86. The van der Waals surface area contributed by atoms with Gasteiger partial charge in [-0.3, -0.25) is 14.8 Å². The van der Waals surface area contributed by atoms with Crippen molar-refractivity contribution in [3.8, 4) is 0 Å². The predicted molar refractivity (Wildman–Crippen MR) is 115 cm³/mol. The molecule has 1 aliphatic heterocycles. The molecule has 0 saturated heterocycles. The van der Waals surface area contributed by atoms with Crippen LogP contribution >= 0.6 is 0 Å². The van der Waals surface area contributed by atoms with E-state index in [1.54, 1.807) is 6.20 Å². The molecule has 0 unspecified atom stereocenters. The van der Waals surface area contributed by atoms with Gasteiger partial charge in [-0.15, -0.1) is 0 Å². The van der Waals surface area contributed by atoms with E-state index < -0.39 is 0 Å². The normalized spacial score (nSPS) is 14.9. The van der Waals surface area contributed by atoms with Gasteiger partial charge in [0.2, 0.25) is 0 Å². The van der Waals surface area contributed by atoms with E-state index in [1.807, 2.05) is 31.5 Å². The van der Waals surface area contributed by atoms with Crippen molar-refractivity contribution < 1.29 is 4.79 Å². The highest BCUT2D eigenvalue weighted by atomic mass is 16.1. The molecule has 3 aromatic rings. The number of fused-ring (bicyclic) bond motifs is 2. The fourth-order valence-corrected chi connectivity index (χ4v) is 4.43. The van der Waals surface area contributed by atoms with Gasteiger partial charge in [0.1, 0.15) is 5.82 Å². The molecule has 6 nitrogen and oxygen atoms in total. The number of anilines is 1. The first-order valence-corrected chi connectivity index (χ1v) is 10.6. The lowest BCUT2D eigenvalue weighted by Crippen LogP contribution is -2.32. The summed E-state index contributed by atoms with van der Waals surface area (Å²) in [7, 11) is 0. The van der Waals surface area contributed by atoms with E-state index >= 15 is 0 Å². The van der Waals surface area contributed by atoms with Gasteiger partial charge in [-0.05, 0) is 60.6 Å². The zero-order valence-corrected chi connectivity index (χ0v) is 17.2. The van der Waals surface area contributed by atoms with Crippen molar-refractivity contribution in [1.29, 1.82) is 0 Å². The molecule has 0 radical (unpaired) electrons. The number of pyridine rings is 3. The first kappa shape index (κ1) is 18.7. The highest BCUT2D eigenvalue weighted by Crippen LogP contribution is 2.25. The van der Waals surface area contributed by atoms with Crippen LogP contribution in [0.1, 0.15) is 50.4 Å². The average molecular weight is 399 g/mol. The maximum atomic E-state index is 12.7. The number of amides is 1. The molecule has 6 heteroatoms. The lowest BCUT2D eigenvalue weighted by Gasteiger charge is -2.30. The van der Waals surface area contributed by atoms with Gasteiger partial charge in [-0.25, -0.2) is 4.98 Å². The van der Waals surface area contributed by atoms with Crippen molar-refractivity contribution in [3.05, 3.63) is 82.1 Å². The average Bonchev–Trinajstić information content (AvgIpc) is 3.25. The summed E-state index contributed by atoms with van der Waals surface area (Å²) >= 11 is 0. The zero-order chi connectivity index (χ0) is 20.5. The molecule has 0 saturated carbocycles. The summed E-state index contributed by atoms with van der Waals surface area (Å²) in [6, 6.07) is 8.20. The van der Waals surface area contributed by atoms with Gasteiger partial charge in [-0.2, -0.15) is 0 Å². The van der Waals surface area contributed by atoms with Crippen LogP contribution in [0.5, 0.6) is 0 Å². The van der Waals surface area contributed by atoms with E-state index in [9.17, 15) is 4.79 Å². The van der Waals surface area contributed by atoms with Gasteiger partial charge >= 0.3 is 0 Å². The molecule has 4 heterocycles. The lowest BCUT2D eigenvalue weighted by molar-refractivity contribution is 0.0950. The fourth-order valence-electron chi connectivity index (χ4n) is 4.43. The maximum absolute atomic E-state index is 12.7. The first-order valence-electron chi connectivity index (χ1n) is 10.6. The minimum Gasteiger partial charge on any atom is -0.352 e. The number of nitrogens with one attached hydrogen (secondary N) is 1. The molecular formula is C24H25N5O. The Bertz CT molecular complexity index is 1110. The molecule has 30 heavy (non-hydrogen) atoms. The van der Waals surface area contributed by atoms with Gasteiger partial charge < -0.3 is 10.2 Å². The molecule has 1 aliphatic carbocycles. The molecule has 2 aliphatic rings. The van der Waals surface area contributed by atoms with Crippen LogP contribution in [0.25, 0.3) is 0 Å². The Kier molecular flexibility index (Phi) is 4.91. The second-order valence-corrected chi connectivity index (χ2v) is 8.13. The van der Waals surface area contributed by atoms with Crippen LogP contribution in [0.3, 0.4) is 0 Å².